The van der Waals surface area contributed by atoms with Crippen LogP contribution in [0.5, 0.6) is 5.75 Å². The molecule has 1 aliphatic rings. The summed E-state index contributed by atoms with van der Waals surface area (Å²) in [7, 11) is 0. The van der Waals surface area contributed by atoms with E-state index >= 15 is 0 Å². The maximum atomic E-state index is 12.5. The molecule has 4 rings (SSSR count). The fourth-order valence-corrected chi connectivity index (χ4v) is 4.37. The molecule has 1 saturated heterocycles. The minimum atomic E-state index is -0.253. The van der Waals surface area contributed by atoms with Crippen LogP contribution in [0.25, 0.3) is 0 Å². The van der Waals surface area contributed by atoms with Crippen molar-refractivity contribution in [3.8, 4) is 5.75 Å². The largest absolute Gasteiger partial charge is 0.494 e. The molecular formula is C28H33N4O2S+. The van der Waals surface area contributed by atoms with E-state index in [0.717, 1.165) is 50.6 Å². The van der Waals surface area contributed by atoms with Gasteiger partial charge in [0, 0.05) is 22.5 Å². The maximum Gasteiger partial charge on any atom is 0.257 e. The Morgan fingerprint density at radius 2 is 1.66 bits per heavy atom. The van der Waals surface area contributed by atoms with Gasteiger partial charge in [-0.05, 0) is 67.2 Å². The first-order chi connectivity index (χ1) is 17.1. The summed E-state index contributed by atoms with van der Waals surface area (Å²) in [5.74, 6) is 0.500. The molecular weight excluding hydrogens is 456 g/mol. The van der Waals surface area contributed by atoms with E-state index in [4.69, 9.17) is 17.0 Å². The molecule has 0 saturated carbocycles. The Hall–Kier alpha value is -3.42. The van der Waals surface area contributed by atoms with Gasteiger partial charge in [-0.1, -0.05) is 37.3 Å². The normalized spacial score (nSPS) is 13.8. The lowest BCUT2D eigenvalue weighted by atomic mass is 10.2. The predicted molar refractivity (Wildman–Crippen MR) is 145 cm³/mol. The van der Waals surface area contributed by atoms with Gasteiger partial charge in [0.2, 0.25) is 0 Å². The average molecular weight is 490 g/mol. The van der Waals surface area contributed by atoms with Crippen LogP contribution in [-0.4, -0.2) is 43.8 Å². The van der Waals surface area contributed by atoms with Crippen molar-refractivity contribution in [3.63, 3.8) is 0 Å². The molecule has 3 aromatic rings. The molecule has 1 heterocycles. The first-order valence-corrected chi connectivity index (χ1v) is 12.6. The highest BCUT2D eigenvalue weighted by Crippen LogP contribution is 2.18. The lowest BCUT2D eigenvalue weighted by molar-refractivity contribution is -0.914. The molecule has 0 aromatic heterocycles. The van der Waals surface area contributed by atoms with Crippen molar-refractivity contribution in [2.45, 2.75) is 19.9 Å². The summed E-state index contributed by atoms with van der Waals surface area (Å²) >= 11 is 5.34. The number of quaternary nitrogens is 1. The van der Waals surface area contributed by atoms with E-state index in [2.05, 4.69) is 64.9 Å². The quantitative estimate of drug-likeness (QED) is 0.423. The molecule has 3 aromatic carbocycles. The Kier molecular flexibility index (Phi) is 8.70. The second kappa shape index (κ2) is 12.3. The molecule has 182 valence electrons. The van der Waals surface area contributed by atoms with Gasteiger partial charge >= 0.3 is 0 Å². The van der Waals surface area contributed by atoms with E-state index in [1.165, 1.54) is 11.3 Å². The van der Waals surface area contributed by atoms with E-state index in [1.807, 2.05) is 12.1 Å². The minimum absolute atomic E-state index is 0.253. The summed E-state index contributed by atoms with van der Waals surface area (Å²) in [6, 6.07) is 26.0. The van der Waals surface area contributed by atoms with E-state index in [9.17, 15) is 4.79 Å². The molecule has 6 nitrogen and oxygen atoms in total. The van der Waals surface area contributed by atoms with Crippen molar-refractivity contribution < 1.29 is 14.4 Å². The fourth-order valence-electron chi connectivity index (χ4n) is 4.16. The average Bonchev–Trinajstić information content (AvgIpc) is 2.89. The molecule has 1 amide bonds. The van der Waals surface area contributed by atoms with Crippen molar-refractivity contribution in [3.05, 3.63) is 90.0 Å². The summed E-state index contributed by atoms with van der Waals surface area (Å²) in [5, 5.41) is 6.11. The molecule has 0 aliphatic carbocycles. The SMILES string of the molecule is CCCOc1ccc(C(=O)NC(=S)Nc2ccc(N3CC[NH+](Cc4ccccc4)CC3)cc2)cc1. The first-order valence-electron chi connectivity index (χ1n) is 12.2. The number of thiocarbonyl (C=S) groups is 1. The highest BCUT2D eigenvalue weighted by molar-refractivity contribution is 7.80. The molecule has 0 radical (unpaired) electrons. The third-order valence-electron chi connectivity index (χ3n) is 6.07. The summed E-state index contributed by atoms with van der Waals surface area (Å²) in [5.41, 5.74) is 3.97. The van der Waals surface area contributed by atoms with E-state index < -0.39 is 0 Å². The molecule has 0 atom stereocenters. The zero-order chi connectivity index (χ0) is 24.5. The Morgan fingerprint density at radius 1 is 0.971 bits per heavy atom. The van der Waals surface area contributed by atoms with Gasteiger partial charge in [-0.3, -0.25) is 10.1 Å². The molecule has 0 unspecified atom stereocenters. The van der Waals surface area contributed by atoms with Crippen LogP contribution in [0.2, 0.25) is 0 Å². The highest BCUT2D eigenvalue weighted by atomic mass is 32.1. The summed E-state index contributed by atoms with van der Waals surface area (Å²) < 4.78 is 5.56. The smallest absolute Gasteiger partial charge is 0.257 e. The molecule has 3 N–H and O–H groups in total. The zero-order valence-electron chi connectivity index (χ0n) is 20.1. The van der Waals surface area contributed by atoms with Crippen LogP contribution in [-0.2, 0) is 6.54 Å². The van der Waals surface area contributed by atoms with Crippen LogP contribution in [0.15, 0.2) is 78.9 Å². The number of hydrogen-bond donors (Lipinski definition) is 3. The lowest BCUT2D eigenvalue weighted by Crippen LogP contribution is -3.13. The monoisotopic (exact) mass is 489 g/mol. The number of nitrogens with zero attached hydrogens (tertiary/aromatic N) is 1. The van der Waals surface area contributed by atoms with Crippen LogP contribution in [0.1, 0.15) is 29.3 Å². The van der Waals surface area contributed by atoms with E-state index in [0.29, 0.717) is 12.2 Å². The second-order valence-electron chi connectivity index (χ2n) is 8.73. The number of piperazine rings is 1. The number of carbonyl (C=O) groups is 1. The predicted octanol–water partition coefficient (Wildman–Crippen LogP) is 3.51. The Morgan fingerprint density at radius 3 is 2.31 bits per heavy atom. The number of hydrogen-bond acceptors (Lipinski definition) is 4. The van der Waals surface area contributed by atoms with E-state index in [-0.39, 0.29) is 11.0 Å². The third kappa shape index (κ3) is 7.28. The standard InChI is InChI=1S/C28H32N4O2S/c1-2-20-34-26-14-8-23(9-15-26)27(33)30-28(35)29-24-10-12-25(13-11-24)32-18-16-31(17-19-32)21-22-6-4-3-5-7-22/h3-15H,2,16-21H2,1H3,(H2,29,30,33,35)/p+1. The minimum Gasteiger partial charge on any atom is -0.494 e. The van der Waals surface area contributed by atoms with Crippen molar-refractivity contribution in [1.82, 2.24) is 5.32 Å². The van der Waals surface area contributed by atoms with Gasteiger partial charge in [0.05, 0.1) is 32.8 Å². The molecule has 1 aliphatic heterocycles. The fraction of sp³-hybridized carbons (Fsp3) is 0.286. The second-order valence-corrected chi connectivity index (χ2v) is 9.14. The Labute approximate surface area is 212 Å². The third-order valence-corrected chi connectivity index (χ3v) is 6.28. The number of anilines is 2. The molecule has 7 heteroatoms. The van der Waals surface area contributed by atoms with Crippen molar-refractivity contribution in [2.24, 2.45) is 0 Å². The van der Waals surface area contributed by atoms with Gasteiger partial charge in [-0.2, -0.15) is 0 Å². The summed E-state index contributed by atoms with van der Waals surface area (Å²) in [4.78, 5) is 16.5. The molecule has 1 fully saturated rings. The van der Waals surface area contributed by atoms with Crippen molar-refractivity contribution >= 4 is 34.6 Å². The number of carbonyl (C=O) groups excluding carboxylic acids is 1. The van der Waals surface area contributed by atoms with Crippen LogP contribution >= 0.6 is 12.2 Å². The number of benzene rings is 3. The van der Waals surface area contributed by atoms with Crippen molar-refractivity contribution in [1.29, 1.82) is 0 Å². The van der Waals surface area contributed by atoms with Gasteiger partial charge in [-0.15, -0.1) is 0 Å². The highest BCUT2D eigenvalue weighted by Gasteiger charge is 2.20. The van der Waals surface area contributed by atoms with Crippen LogP contribution < -0.4 is 25.2 Å². The number of amides is 1. The maximum absolute atomic E-state index is 12.5. The Balaban J connectivity index is 1.23. The summed E-state index contributed by atoms with van der Waals surface area (Å²) in [6.07, 6.45) is 0.940. The molecule has 0 bridgehead atoms. The van der Waals surface area contributed by atoms with Gasteiger partial charge < -0.3 is 19.9 Å². The van der Waals surface area contributed by atoms with E-state index in [1.54, 1.807) is 29.2 Å². The Bertz CT molecular complexity index is 1100. The number of rotatable bonds is 8. The van der Waals surface area contributed by atoms with Crippen LogP contribution in [0, 0.1) is 0 Å². The van der Waals surface area contributed by atoms with Crippen LogP contribution in [0.3, 0.4) is 0 Å². The van der Waals surface area contributed by atoms with Crippen molar-refractivity contribution in [2.75, 3.05) is 43.0 Å². The topological polar surface area (TPSA) is 58.0 Å². The van der Waals surface area contributed by atoms with Gasteiger partial charge in [0.1, 0.15) is 12.3 Å². The van der Waals surface area contributed by atoms with Gasteiger partial charge in [-0.25, -0.2) is 0 Å². The number of ether oxygens (including phenoxy) is 1. The first kappa shape index (κ1) is 24.7. The lowest BCUT2D eigenvalue weighted by Gasteiger charge is -2.33. The van der Waals surface area contributed by atoms with Gasteiger partial charge in [0.15, 0.2) is 5.11 Å². The van der Waals surface area contributed by atoms with Gasteiger partial charge in [0.25, 0.3) is 5.91 Å². The van der Waals surface area contributed by atoms with Crippen LogP contribution in [0.4, 0.5) is 11.4 Å². The molecule has 35 heavy (non-hydrogen) atoms. The summed E-state index contributed by atoms with van der Waals surface area (Å²) in [6.45, 7) is 8.10. The zero-order valence-corrected chi connectivity index (χ0v) is 20.9. The molecule has 0 spiro atoms. The number of nitrogens with one attached hydrogen (secondary N) is 3.